The first-order chi connectivity index (χ1) is 10.5. The van der Waals surface area contributed by atoms with Gasteiger partial charge in [-0.05, 0) is 13.8 Å². The van der Waals surface area contributed by atoms with E-state index in [4.69, 9.17) is 4.74 Å². The van der Waals surface area contributed by atoms with Gasteiger partial charge in [0, 0.05) is 39.3 Å². The van der Waals surface area contributed by atoms with Crippen molar-refractivity contribution in [1.29, 1.82) is 0 Å². The number of hydrogen-bond acceptors (Lipinski definition) is 7. The minimum Gasteiger partial charge on any atom is -0.392 e. The molecule has 2 aliphatic heterocycles. The Bertz CT molecular complexity index is 293. The third-order valence-corrected chi connectivity index (χ3v) is 4.08. The zero-order chi connectivity index (χ0) is 15.9. The molecule has 0 saturated carbocycles. The highest BCUT2D eigenvalue weighted by Crippen LogP contribution is 2.09. The summed E-state index contributed by atoms with van der Waals surface area (Å²) in [6.07, 6.45) is -0.653. The topological polar surface area (TPSA) is 62.7 Å². The summed E-state index contributed by atoms with van der Waals surface area (Å²) in [6.45, 7) is 13.3. The van der Waals surface area contributed by atoms with Crippen LogP contribution in [-0.4, -0.2) is 115 Å². The lowest BCUT2D eigenvalue weighted by molar-refractivity contribution is -0.0608. The average Bonchev–Trinajstić information content (AvgIpc) is 2.44. The summed E-state index contributed by atoms with van der Waals surface area (Å²) in [7, 11) is 0. The second kappa shape index (κ2) is 9.12. The number of morpholine rings is 1. The summed E-state index contributed by atoms with van der Waals surface area (Å²) in [4.78, 5) is 9.32. The van der Waals surface area contributed by atoms with Crippen molar-refractivity contribution in [3.05, 3.63) is 0 Å². The summed E-state index contributed by atoms with van der Waals surface area (Å²) in [5.74, 6) is 0. The number of β-amino-alcohol motifs (C(OH)–C–C–N with tert-alkyl or cyclic N) is 2. The molecule has 2 saturated heterocycles. The summed E-state index contributed by atoms with van der Waals surface area (Å²) in [5, 5.41) is 19.3. The van der Waals surface area contributed by atoms with E-state index in [9.17, 15) is 10.2 Å². The van der Waals surface area contributed by atoms with E-state index >= 15 is 0 Å². The first-order valence-electron chi connectivity index (χ1n) is 8.36. The molecule has 2 atom stereocenters. The number of aliphatic hydroxyl groups is 2. The van der Waals surface area contributed by atoms with Crippen LogP contribution in [0.15, 0.2) is 0 Å². The first kappa shape index (κ1) is 18.1. The van der Waals surface area contributed by atoms with Crippen molar-refractivity contribution >= 4 is 0 Å². The van der Waals surface area contributed by atoms with Crippen LogP contribution in [0.5, 0.6) is 0 Å². The lowest BCUT2D eigenvalue weighted by Crippen LogP contribution is -2.58. The summed E-state index contributed by atoms with van der Waals surface area (Å²) < 4.78 is 5.39. The molecule has 22 heavy (non-hydrogen) atoms. The van der Waals surface area contributed by atoms with Gasteiger partial charge in [0.25, 0.3) is 0 Å². The normalized spacial score (nSPS) is 26.2. The van der Waals surface area contributed by atoms with Crippen LogP contribution in [0.2, 0.25) is 0 Å². The van der Waals surface area contributed by atoms with Gasteiger partial charge in [-0.1, -0.05) is 0 Å². The van der Waals surface area contributed by atoms with Gasteiger partial charge in [0.1, 0.15) is 0 Å². The molecule has 0 aromatic heterocycles. The highest BCUT2D eigenvalue weighted by atomic mass is 16.5. The fourth-order valence-corrected chi connectivity index (χ4v) is 3.21. The number of nitrogens with zero attached hydrogens (tertiary/aromatic N) is 4. The third kappa shape index (κ3) is 6.45. The molecule has 130 valence electrons. The van der Waals surface area contributed by atoms with Crippen molar-refractivity contribution < 1.29 is 14.9 Å². The van der Waals surface area contributed by atoms with E-state index in [0.717, 1.165) is 59.4 Å². The minimum atomic E-state index is -0.326. The molecule has 0 aliphatic carbocycles. The maximum atomic E-state index is 9.64. The smallest absolute Gasteiger partial charge is 0.0640 e. The van der Waals surface area contributed by atoms with Crippen LogP contribution in [0, 0.1) is 0 Å². The van der Waals surface area contributed by atoms with Crippen molar-refractivity contribution in [1.82, 2.24) is 19.6 Å². The van der Waals surface area contributed by atoms with E-state index in [1.54, 1.807) is 0 Å². The summed E-state index contributed by atoms with van der Waals surface area (Å²) in [6, 6.07) is 0. The zero-order valence-corrected chi connectivity index (χ0v) is 14.0. The molecule has 0 aromatic rings. The fourth-order valence-electron chi connectivity index (χ4n) is 3.21. The fraction of sp³-hybridized carbons (Fsp3) is 1.00. The van der Waals surface area contributed by atoms with Crippen LogP contribution < -0.4 is 0 Å². The van der Waals surface area contributed by atoms with Crippen molar-refractivity contribution in [2.75, 3.05) is 72.5 Å². The largest absolute Gasteiger partial charge is 0.392 e. The van der Waals surface area contributed by atoms with Crippen LogP contribution in [0.1, 0.15) is 13.8 Å². The molecule has 7 nitrogen and oxygen atoms in total. The van der Waals surface area contributed by atoms with Gasteiger partial charge in [0.15, 0.2) is 0 Å². The highest BCUT2D eigenvalue weighted by Gasteiger charge is 2.25. The predicted molar refractivity (Wildman–Crippen MR) is 85.3 cm³/mol. The number of ether oxygens (including phenoxy) is 1. The SMILES string of the molecule is CC(O)CN1CN(CCN2CCOCC2)CN(CC(C)O)C1. The Hall–Kier alpha value is -0.280. The van der Waals surface area contributed by atoms with Gasteiger partial charge in [-0.15, -0.1) is 0 Å². The number of aliphatic hydroxyl groups excluding tert-OH is 2. The first-order valence-corrected chi connectivity index (χ1v) is 8.36. The number of hydrogen-bond donors (Lipinski definition) is 2. The average molecular weight is 316 g/mol. The molecular formula is C15H32N4O3. The molecule has 0 spiro atoms. The quantitative estimate of drug-likeness (QED) is 0.616. The molecule has 2 fully saturated rings. The Kier molecular flexibility index (Phi) is 7.49. The maximum Gasteiger partial charge on any atom is 0.0640 e. The lowest BCUT2D eigenvalue weighted by atomic mass is 10.3. The monoisotopic (exact) mass is 316 g/mol. The summed E-state index contributed by atoms with van der Waals surface area (Å²) in [5.41, 5.74) is 0. The van der Waals surface area contributed by atoms with Gasteiger partial charge in [-0.3, -0.25) is 19.6 Å². The van der Waals surface area contributed by atoms with Gasteiger partial charge in [0.2, 0.25) is 0 Å². The van der Waals surface area contributed by atoms with E-state index in [-0.39, 0.29) is 12.2 Å². The zero-order valence-electron chi connectivity index (χ0n) is 14.0. The van der Waals surface area contributed by atoms with Crippen molar-refractivity contribution in [3.8, 4) is 0 Å². The summed E-state index contributed by atoms with van der Waals surface area (Å²) >= 11 is 0. The molecule has 0 amide bonds. The van der Waals surface area contributed by atoms with E-state index in [1.165, 1.54) is 0 Å². The van der Waals surface area contributed by atoms with Gasteiger partial charge in [0.05, 0.1) is 45.4 Å². The van der Waals surface area contributed by atoms with Gasteiger partial charge in [-0.2, -0.15) is 0 Å². The van der Waals surface area contributed by atoms with Gasteiger partial charge in [-0.25, -0.2) is 0 Å². The van der Waals surface area contributed by atoms with Crippen LogP contribution in [0.3, 0.4) is 0 Å². The molecule has 2 N–H and O–H groups in total. The molecule has 2 aliphatic rings. The van der Waals surface area contributed by atoms with Crippen molar-refractivity contribution in [3.63, 3.8) is 0 Å². The van der Waals surface area contributed by atoms with Crippen molar-refractivity contribution in [2.24, 2.45) is 0 Å². The molecule has 2 unspecified atom stereocenters. The lowest BCUT2D eigenvalue weighted by Gasteiger charge is -2.43. The Morgan fingerprint density at radius 1 is 0.773 bits per heavy atom. The standard InChI is InChI=1S/C15H32N4O3/c1-14(20)9-18-11-17(12-19(13-18)10-15(2)21)4-3-16-5-7-22-8-6-16/h14-15,20-21H,3-13H2,1-2H3. The van der Waals surface area contributed by atoms with E-state index in [0.29, 0.717) is 13.1 Å². The van der Waals surface area contributed by atoms with Gasteiger partial charge < -0.3 is 14.9 Å². The number of rotatable bonds is 7. The Morgan fingerprint density at radius 3 is 1.73 bits per heavy atom. The molecule has 2 heterocycles. The van der Waals surface area contributed by atoms with Crippen molar-refractivity contribution in [2.45, 2.75) is 26.1 Å². The van der Waals surface area contributed by atoms with Crippen LogP contribution in [0.25, 0.3) is 0 Å². The molecule has 0 aromatic carbocycles. The maximum absolute atomic E-state index is 9.64. The van der Waals surface area contributed by atoms with Gasteiger partial charge >= 0.3 is 0 Å². The predicted octanol–water partition coefficient (Wildman–Crippen LogP) is -1.13. The Balaban J connectivity index is 1.81. The highest BCUT2D eigenvalue weighted by molar-refractivity contribution is 4.74. The molecule has 0 bridgehead atoms. The van der Waals surface area contributed by atoms with Crippen LogP contribution >= 0.6 is 0 Å². The third-order valence-electron chi connectivity index (χ3n) is 4.08. The second-order valence-electron chi connectivity index (χ2n) is 6.68. The van der Waals surface area contributed by atoms with Crippen LogP contribution in [-0.2, 0) is 4.74 Å². The minimum absolute atomic E-state index is 0.326. The molecular weight excluding hydrogens is 284 g/mol. The molecule has 7 heteroatoms. The molecule has 0 radical (unpaired) electrons. The molecule has 2 rings (SSSR count). The Labute approximate surface area is 134 Å². The second-order valence-corrected chi connectivity index (χ2v) is 6.68. The van der Waals surface area contributed by atoms with E-state index in [1.807, 2.05) is 13.8 Å². The van der Waals surface area contributed by atoms with E-state index in [2.05, 4.69) is 19.6 Å². The Morgan fingerprint density at radius 2 is 1.23 bits per heavy atom. The van der Waals surface area contributed by atoms with Crippen LogP contribution in [0.4, 0.5) is 0 Å². The van der Waals surface area contributed by atoms with E-state index < -0.39 is 0 Å².